The van der Waals surface area contributed by atoms with Crippen molar-refractivity contribution < 1.29 is 19.4 Å². The van der Waals surface area contributed by atoms with E-state index in [4.69, 9.17) is 11.6 Å². The van der Waals surface area contributed by atoms with Crippen LogP contribution in [0.3, 0.4) is 0 Å². The number of carbonyl (C=O) groups is 2. The van der Waals surface area contributed by atoms with E-state index in [2.05, 4.69) is 0 Å². The molecule has 0 heterocycles. The molecule has 23 heavy (non-hydrogen) atoms. The molecule has 0 aromatic heterocycles. The third-order valence-corrected chi connectivity index (χ3v) is 3.87. The van der Waals surface area contributed by atoms with Crippen LogP contribution in [0, 0.1) is 20.2 Å². The summed E-state index contributed by atoms with van der Waals surface area (Å²) in [4.78, 5) is 45.8. The number of hydrogen-bond acceptors (Lipinski definition) is 6. The van der Waals surface area contributed by atoms with Crippen molar-refractivity contribution in [2.75, 3.05) is 33.1 Å². The Bertz CT molecular complexity index is 430. The van der Waals surface area contributed by atoms with Crippen LogP contribution in [-0.4, -0.2) is 70.2 Å². The van der Waals surface area contributed by atoms with Gasteiger partial charge in [0.05, 0.1) is 9.85 Å². The van der Waals surface area contributed by atoms with Crippen LogP contribution in [-0.2, 0) is 9.59 Å². The van der Waals surface area contributed by atoms with E-state index in [0.29, 0.717) is 0 Å². The Morgan fingerprint density at radius 3 is 1.70 bits per heavy atom. The van der Waals surface area contributed by atoms with Gasteiger partial charge < -0.3 is 9.80 Å². The van der Waals surface area contributed by atoms with Gasteiger partial charge in [0.2, 0.25) is 11.8 Å². The molecule has 0 rings (SSSR count). The Kier molecular flexibility index (Phi) is 8.44. The van der Waals surface area contributed by atoms with Gasteiger partial charge in [0, 0.05) is 33.6 Å². The van der Waals surface area contributed by atoms with Gasteiger partial charge in [-0.25, -0.2) is 0 Å². The molecule has 0 aliphatic rings. The summed E-state index contributed by atoms with van der Waals surface area (Å²) in [7, 11) is 2.79. The molecule has 0 saturated carbocycles. The van der Waals surface area contributed by atoms with E-state index in [1.807, 2.05) is 0 Å². The molecule has 0 radical (unpaired) electrons. The van der Waals surface area contributed by atoms with Gasteiger partial charge in [-0.05, 0) is 0 Å². The van der Waals surface area contributed by atoms with E-state index >= 15 is 0 Å². The van der Waals surface area contributed by atoms with E-state index < -0.39 is 34.3 Å². The predicted octanol–water partition coefficient (Wildman–Crippen LogP) is 0.582. The van der Waals surface area contributed by atoms with Crippen LogP contribution >= 0.6 is 11.6 Å². The smallest absolute Gasteiger partial charge is 0.345 e. The SMILES string of the molecule is CCC(=O)N(C)CCC(CCN(C)C(=O)CCl)([N+](=O)[O-])[N+](=O)[O-]. The van der Waals surface area contributed by atoms with Gasteiger partial charge in [0.25, 0.3) is 0 Å². The standard InChI is InChI=1S/C12H21ClN4O6/c1-4-10(18)14(2)7-5-12(16(20)21,17(22)23)6-8-15(3)11(19)9-13/h4-9H2,1-3H3. The average molecular weight is 353 g/mol. The molecule has 0 atom stereocenters. The van der Waals surface area contributed by atoms with Crippen LogP contribution in [0.15, 0.2) is 0 Å². The highest BCUT2D eigenvalue weighted by Gasteiger charge is 2.55. The predicted molar refractivity (Wildman–Crippen MR) is 82.2 cm³/mol. The molecule has 2 amide bonds. The summed E-state index contributed by atoms with van der Waals surface area (Å²) in [5, 5.41) is 22.6. The zero-order valence-electron chi connectivity index (χ0n) is 13.4. The molecule has 0 N–H and O–H groups in total. The quantitative estimate of drug-likeness (QED) is 0.245. The van der Waals surface area contributed by atoms with Crippen molar-refractivity contribution in [3.05, 3.63) is 20.2 Å². The highest BCUT2D eigenvalue weighted by Crippen LogP contribution is 2.22. The fourth-order valence-electron chi connectivity index (χ4n) is 1.87. The third kappa shape index (κ3) is 5.62. The number of hydrogen-bond donors (Lipinski definition) is 0. The molecule has 0 bridgehead atoms. The molecule has 0 aliphatic heterocycles. The van der Waals surface area contributed by atoms with Crippen molar-refractivity contribution in [1.29, 1.82) is 0 Å². The molecular weight excluding hydrogens is 332 g/mol. The number of nitro groups is 2. The van der Waals surface area contributed by atoms with E-state index in [0.717, 1.165) is 4.90 Å². The second-order valence-corrected chi connectivity index (χ2v) is 5.38. The van der Waals surface area contributed by atoms with Crippen LogP contribution in [0.4, 0.5) is 0 Å². The van der Waals surface area contributed by atoms with Crippen LogP contribution in [0.25, 0.3) is 0 Å². The van der Waals surface area contributed by atoms with E-state index in [-0.39, 0.29) is 31.3 Å². The van der Waals surface area contributed by atoms with Gasteiger partial charge in [0.15, 0.2) is 0 Å². The zero-order chi connectivity index (χ0) is 18.2. The van der Waals surface area contributed by atoms with Gasteiger partial charge in [-0.3, -0.25) is 29.8 Å². The maximum absolute atomic E-state index is 11.5. The molecular formula is C12H21ClN4O6. The van der Waals surface area contributed by atoms with Gasteiger partial charge in [-0.1, -0.05) is 6.92 Å². The first-order valence-corrected chi connectivity index (χ1v) is 7.48. The lowest BCUT2D eigenvalue weighted by Gasteiger charge is -2.23. The number of alkyl halides is 1. The molecule has 0 unspecified atom stereocenters. The van der Waals surface area contributed by atoms with Gasteiger partial charge in [-0.15, -0.1) is 11.6 Å². The van der Waals surface area contributed by atoms with E-state index in [1.54, 1.807) is 6.92 Å². The minimum Gasteiger partial charge on any atom is -0.345 e. The third-order valence-electron chi connectivity index (χ3n) is 3.64. The zero-order valence-corrected chi connectivity index (χ0v) is 14.1. The molecule has 0 aromatic carbocycles. The number of carbonyl (C=O) groups excluding carboxylic acids is 2. The minimum atomic E-state index is -2.46. The molecule has 0 aliphatic carbocycles. The van der Waals surface area contributed by atoms with Gasteiger partial charge in [-0.2, -0.15) is 0 Å². The number of rotatable bonds is 10. The lowest BCUT2D eigenvalue weighted by atomic mass is 10.0. The van der Waals surface area contributed by atoms with Crippen LogP contribution < -0.4 is 0 Å². The van der Waals surface area contributed by atoms with Gasteiger partial charge in [0.1, 0.15) is 18.7 Å². The molecule has 0 aromatic rings. The summed E-state index contributed by atoms with van der Waals surface area (Å²) in [5.41, 5.74) is -2.46. The first-order valence-electron chi connectivity index (χ1n) is 6.95. The number of nitrogens with zero attached hydrogens (tertiary/aromatic N) is 4. The summed E-state index contributed by atoms with van der Waals surface area (Å²) in [5.74, 6) is -1.06. The first-order chi connectivity index (χ1) is 10.6. The summed E-state index contributed by atoms with van der Waals surface area (Å²) >= 11 is 5.37. The number of halogens is 1. The molecule has 132 valence electrons. The number of amides is 2. The summed E-state index contributed by atoms with van der Waals surface area (Å²) in [6.07, 6.45) is -0.716. The maximum Gasteiger partial charge on any atom is 0.461 e. The lowest BCUT2D eigenvalue weighted by Crippen LogP contribution is -2.51. The maximum atomic E-state index is 11.5. The fourth-order valence-corrected chi connectivity index (χ4v) is 2.08. The molecule has 0 saturated heterocycles. The van der Waals surface area contributed by atoms with Crippen molar-refractivity contribution in [2.24, 2.45) is 0 Å². The minimum absolute atomic E-state index is 0.123. The van der Waals surface area contributed by atoms with Crippen LogP contribution in [0.1, 0.15) is 26.2 Å². The Labute approximate surface area is 138 Å². The summed E-state index contributed by atoms with van der Waals surface area (Å²) in [6.45, 7) is 1.32. The van der Waals surface area contributed by atoms with Crippen LogP contribution in [0.5, 0.6) is 0 Å². The highest BCUT2D eigenvalue weighted by atomic mass is 35.5. The lowest BCUT2D eigenvalue weighted by molar-refractivity contribution is -0.798. The Balaban J connectivity index is 5.11. The van der Waals surface area contributed by atoms with Crippen LogP contribution in [0.2, 0.25) is 0 Å². The van der Waals surface area contributed by atoms with Crippen molar-refractivity contribution in [1.82, 2.24) is 9.80 Å². The van der Waals surface area contributed by atoms with Crippen molar-refractivity contribution >= 4 is 23.4 Å². The van der Waals surface area contributed by atoms with E-state index in [1.165, 1.54) is 19.0 Å². The Hall–Kier alpha value is -1.97. The Morgan fingerprint density at radius 2 is 1.39 bits per heavy atom. The molecule has 0 spiro atoms. The molecule has 11 heteroatoms. The topological polar surface area (TPSA) is 127 Å². The Morgan fingerprint density at radius 1 is 1.00 bits per heavy atom. The largest absolute Gasteiger partial charge is 0.461 e. The van der Waals surface area contributed by atoms with Gasteiger partial charge >= 0.3 is 5.66 Å². The second-order valence-electron chi connectivity index (χ2n) is 5.11. The second kappa shape index (κ2) is 9.23. The van der Waals surface area contributed by atoms with E-state index in [9.17, 15) is 29.8 Å². The molecule has 0 fully saturated rings. The van der Waals surface area contributed by atoms with Crippen molar-refractivity contribution in [2.45, 2.75) is 31.8 Å². The summed E-state index contributed by atoms with van der Waals surface area (Å²) < 4.78 is 0. The normalized spacial score (nSPS) is 11.0. The summed E-state index contributed by atoms with van der Waals surface area (Å²) in [6, 6.07) is 0. The average Bonchev–Trinajstić information content (AvgIpc) is 2.51. The van der Waals surface area contributed by atoms with Crippen molar-refractivity contribution in [3.8, 4) is 0 Å². The highest BCUT2D eigenvalue weighted by molar-refractivity contribution is 6.27. The molecule has 10 nitrogen and oxygen atoms in total. The fraction of sp³-hybridized carbons (Fsp3) is 0.833. The first kappa shape index (κ1) is 21.0. The monoisotopic (exact) mass is 352 g/mol. The van der Waals surface area contributed by atoms with Crippen molar-refractivity contribution in [3.63, 3.8) is 0 Å².